The Morgan fingerprint density at radius 3 is 2.14 bits per heavy atom. The zero-order valence-corrected chi connectivity index (χ0v) is 8.91. The number of amides is 2. The van der Waals surface area contributed by atoms with Crippen LogP contribution in [-0.4, -0.2) is 23.9 Å². The van der Waals surface area contributed by atoms with Crippen LogP contribution in [0.5, 0.6) is 0 Å². The van der Waals surface area contributed by atoms with E-state index in [1.54, 1.807) is 0 Å². The van der Waals surface area contributed by atoms with Crippen LogP contribution in [0.3, 0.4) is 0 Å². The van der Waals surface area contributed by atoms with Crippen LogP contribution in [0, 0.1) is 5.92 Å². The first-order valence-corrected chi connectivity index (χ1v) is 4.69. The van der Waals surface area contributed by atoms with Crippen molar-refractivity contribution in [1.29, 1.82) is 0 Å². The first-order valence-electron chi connectivity index (χ1n) is 4.69. The minimum Gasteiger partial charge on any atom is -0.368 e. The van der Waals surface area contributed by atoms with E-state index < -0.39 is 18.0 Å². The van der Waals surface area contributed by atoms with E-state index in [4.69, 9.17) is 11.5 Å². The normalized spacial score (nSPS) is 14.9. The van der Waals surface area contributed by atoms with Crippen LogP contribution in [-0.2, 0) is 9.59 Å². The zero-order chi connectivity index (χ0) is 11.3. The lowest BCUT2D eigenvalue weighted by Crippen LogP contribution is -2.49. The summed E-state index contributed by atoms with van der Waals surface area (Å²) in [5.74, 6) is -0.542. The van der Waals surface area contributed by atoms with Gasteiger partial charge in [0.15, 0.2) is 0 Å². The average Bonchev–Trinajstić information content (AvgIpc) is 2.02. The molecule has 14 heavy (non-hydrogen) atoms. The highest BCUT2D eigenvalue weighted by Gasteiger charge is 2.18. The number of carbonyl (C=O) groups excluding carboxylic acids is 2. The fraction of sp³-hybridized carbons (Fsp3) is 0.778. The highest BCUT2D eigenvalue weighted by molar-refractivity contribution is 5.88. The Bertz CT molecular complexity index is 216. The van der Waals surface area contributed by atoms with Crippen LogP contribution in [0.15, 0.2) is 0 Å². The molecule has 0 aliphatic carbocycles. The second kappa shape index (κ2) is 5.59. The number of primary amides is 1. The number of rotatable bonds is 5. The van der Waals surface area contributed by atoms with Crippen molar-refractivity contribution in [1.82, 2.24) is 5.32 Å². The molecule has 2 atom stereocenters. The molecule has 2 amide bonds. The molecule has 0 saturated heterocycles. The molecule has 5 heteroatoms. The van der Waals surface area contributed by atoms with Gasteiger partial charge in [-0.2, -0.15) is 0 Å². The molecule has 0 bridgehead atoms. The Morgan fingerprint density at radius 2 is 1.79 bits per heavy atom. The van der Waals surface area contributed by atoms with E-state index in [1.807, 2.05) is 13.8 Å². The van der Waals surface area contributed by atoms with Gasteiger partial charge in [0.05, 0.1) is 6.04 Å². The predicted molar refractivity (Wildman–Crippen MR) is 54.2 cm³/mol. The zero-order valence-electron chi connectivity index (χ0n) is 8.91. The van der Waals surface area contributed by atoms with E-state index >= 15 is 0 Å². The molecule has 0 radical (unpaired) electrons. The lowest BCUT2D eigenvalue weighted by Gasteiger charge is -2.16. The molecule has 0 aromatic carbocycles. The van der Waals surface area contributed by atoms with E-state index in [2.05, 4.69) is 5.32 Å². The third kappa shape index (κ3) is 4.81. The fourth-order valence-electron chi connectivity index (χ4n) is 1.01. The molecular weight excluding hydrogens is 182 g/mol. The second-order valence-electron chi connectivity index (χ2n) is 3.87. The summed E-state index contributed by atoms with van der Waals surface area (Å²) < 4.78 is 0. The fourth-order valence-corrected chi connectivity index (χ4v) is 1.01. The first-order chi connectivity index (χ1) is 6.34. The number of nitrogens with one attached hydrogen (secondary N) is 1. The molecule has 0 rings (SSSR count). The van der Waals surface area contributed by atoms with E-state index in [0.717, 1.165) is 0 Å². The summed E-state index contributed by atoms with van der Waals surface area (Å²) in [6.07, 6.45) is 0.595. The molecule has 1 unspecified atom stereocenters. The summed E-state index contributed by atoms with van der Waals surface area (Å²) in [6.45, 7) is 5.48. The quantitative estimate of drug-likeness (QED) is 0.551. The minimum atomic E-state index is -0.666. The molecule has 0 aromatic rings. The molecule has 82 valence electrons. The lowest BCUT2D eigenvalue weighted by molar-refractivity contribution is -0.127. The van der Waals surface area contributed by atoms with Crippen LogP contribution >= 0.6 is 0 Å². The van der Waals surface area contributed by atoms with Gasteiger partial charge in [0.2, 0.25) is 11.8 Å². The van der Waals surface area contributed by atoms with Crippen molar-refractivity contribution in [2.24, 2.45) is 17.4 Å². The van der Waals surface area contributed by atoms with Crippen LogP contribution in [0.1, 0.15) is 27.2 Å². The summed E-state index contributed by atoms with van der Waals surface area (Å²) in [7, 11) is 0. The largest absolute Gasteiger partial charge is 0.368 e. The average molecular weight is 201 g/mol. The third-order valence-corrected chi connectivity index (χ3v) is 1.85. The molecule has 5 N–H and O–H groups in total. The minimum absolute atomic E-state index is 0.329. The maximum atomic E-state index is 11.3. The Morgan fingerprint density at radius 1 is 1.29 bits per heavy atom. The Balaban J connectivity index is 4.01. The molecule has 0 fully saturated rings. The smallest absolute Gasteiger partial charge is 0.239 e. The van der Waals surface area contributed by atoms with Gasteiger partial charge >= 0.3 is 0 Å². The van der Waals surface area contributed by atoms with Crippen molar-refractivity contribution < 1.29 is 9.59 Å². The monoisotopic (exact) mass is 201 g/mol. The van der Waals surface area contributed by atoms with Crippen LogP contribution in [0.2, 0.25) is 0 Å². The molecule has 0 spiro atoms. The van der Waals surface area contributed by atoms with Gasteiger partial charge in [-0.1, -0.05) is 13.8 Å². The van der Waals surface area contributed by atoms with E-state index in [1.165, 1.54) is 6.92 Å². The number of hydrogen-bond acceptors (Lipinski definition) is 3. The Labute approximate surface area is 84.2 Å². The van der Waals surface area contributed by atoms with Crippen molar-refractivity contribution >= 4 is 11.8 Å². The van der Waals surface area contributed by atoms with Crippen molar-refractivity contribution in [2.45, 2.75) is 39.3 Å². The van der Waals surface area contributed by atoms with Gasteiger partial charge in [-0.15, -0.1) is 0 Å². The van der Waals surface area contributed by atoms with Gasteiger partial charge in [0.1, 0.15) is 6.04 Å². The van der Waals surface area contributed by atoms with Crippen LogP contribution in [0.25, 0.3) is 0 Å². The topological polar surface area (TPSA) is 98.2 Å². The molecule has 5 nitrogen and oxygen atoms in total. The van der Waals surface area contributed by atoms with E-state index in [0.29, 0.717) is 12.3 Å². The van der Waals surface area contributed by atoms with Crippen molar-refractivity contribution in [3.8, 4) is 0 Å². The van der Waals surface area contributed by atoms with Gasteiger partial charge in [-0.05, 0) is 19.3 Å². The summed E-state index contributed by atoms with van der Waals surface area (Å²) in [6, 6.07) is -1.24. The van der Waals surface area contributed by atoms with E-state index in [-0.39, 0.29) is 5.91 Å². The van der Waals surface area contributed by atoms with Gasteiger partial charge in [-0.3, -0.25) is 9.59 Å². The maximum absolute atomic E-state index is 11.3. The molecule has 0 aliphatic rings. The summed E-state index contributed by atoms with van der Waals surface area (Å²) in [4.78, 5) is 22.0. The van der Waals surface area contributed by atoms with Gasteiger partial charge in [0, 0.05) is 0 Å². The Hall–Kier alpha value is -1.10. The summed E-state index contributed by atoms with van der Waals surface area (Å²) >= 11 is 0. The SMILES string of the molecule is CC(C)CC(N)C(=O)N[C@@H](C)C(N)=O. The van der Waals surface area contributed by atoms with Crippen molar-refractivity contribution in [3.05, 3.63) is 0 Å². The summed E-state index contributed by atoms with van der Waals surface area (Å²) in [5, 5.41) is 2.45. The number of carbonyl (C=O) groups is 2. The molecule has 0 saturated carbocycles. The van der Waals surface area contributed by atoms with Gasteiger partial charge < -0.3 is 16.8 Å². The summed E-state index contributed by atoms with van der Waals surface area (Å²) in [5.41, 5.74) is 10.6. The predicted octanol–water partition coefficient (Wildman–Crippen LogP) is -0.650. The van der Waals surface area contributed by atoms with Crippen molar-refractivity contribution in [2.75, 3.05) is 0 Å². The van der Waals surface area contributed by atoms with Gasteiger partial charge in [0.25, 0.3) is 0 Å². The standard InChI is InChI=1S/C9H19N3O2/c1-5(2)4-7(10)9(14)12-6(3)8(11)13/h5-7H,4,10H2,1-3H3,(H2,11,13)(H,12,14)/t6-,7?/m0/s1. The van der Waals surface area contributed by atoms with Crippen molar-refractivity contribution in [3.63, 3.8) is 0 Å². The number of hydrogen-bond donors (Lipinski definition) is 3. The molecule has 0 aliphatic heterocycles. The molecule has 0 aromatic heterocycles. The third-order valence-electron chi connectivity index (χ3n) is 1.85. The van der Waals surface area contributed by atoms with Crippen LogP contribution in [0.4, 0.5) is 0 Å². The second-order valence-corrected chi connectivity index (χ2v) is 3.87. The van der Waals surface area contributed by atoms with E-state index in [9.17, 15) is 9.59 Å². The van der Waals surface area contributed by atoms with Crippen LogP contribution < -0.4 is 16.8 Å². The number of nitrogens with two attached hydrogens (primary N) is 2. The first kappa shape index (κ1) is 12.9. The highest BCUT2D eigenvalue weighted by Crippen LogP contribution is 2.02. The highest BCUT2D eigenvalue weighted by atomic mass is 16.2. The molecule has 0 heterocycles. The lowest BCUT2D eigenvalue weighted by atomic mass is 10.0. The maximum Gasteiger partial charge on any atom is 0.239 e. The van der Waals surface area contributed by atoms with Gasteiger partial charge in [-0.25, -0.2) is 0 Å². The Kier molecular flexibility index (Phi) is 5.15. The molecular formula is C9H19N3O2.